The molecule has 1 unspecified atom stereocenters. The smallest absolute Gasteiger partial charge is 0.0630 e. The molecule has 19 heavy (non-hydrogen) atoms. The molecule has 0 amide bonds. The van der Waals surface area contributed by atoms with Crippen molar-refractivity contribution >= 4 is 11.8 Å². The van der Waals surface area contributed by atoms with Gasteiger partial charge in [0.25, 0.3) is 0 Å². The van der Waals surface area contributed by atoms with Crippen molar-refractivity contribution in [2.45, 2.75) is 83.7 Å². The topological polar surface area (TPSA) is 40.5 Å². The van der Waals surface area contributed by atoms with E-state index in [4.69, 9.17) is 5.11 Å². The molecule has 0 aliphatic carbocycles. The van der Waals surface area contributed by atoms with Crippen LogP contribution in [0.1, 0.15) is 77.6 Å². The molecule has 0 aromatic heterocycles. The summed E-state index contributed by atoms with van der Waals surface area (Å²) in [6.07, 6.45) is 14.2. The third-order valence-corrected chi connectivity index (χ3v) is 4.53. The maximum Gasteiger partial charge on any atom is 0.0630 e. The van der Waals surface area contributed by atoms with Crippen molar-refractivity contribution in [3.8, 4) is 0 Å². The molecule has 0 aromatic carbocycles. The van der Waals surface area contributed by atoms with Crippen molar-refractivity contribution in [1.82, 2.24) is 0 Å². The van der Waals surface area contributed by atoms with E-state index in [0.717, 1.165) is 24.3 Å². The molecule has 0 saturated heterocycles. The average molecular weight is 291 g/mol. The molecule has 0 rings (SSSR count). The highest BCUT2D eigenvalue weighted by atomic mass is 32.2. The number of unbranched alkanes of at least 4 members (excludes halogenated alkanes) is 9. The minimum Gasteiger partial charge on any atom is -0.396 e. The van der Waals surface area contributed by atoms with Gasteiger partial charge in [-0.05, 0) is 6.42 Å². The second-order valence-electron chi connectivity index (χ2n) is 5.42. The van der Waals surface area contributed by atoms with Crippen LogP contribution < -0.4 is 0 Å². The van der Waals surface area contributed by atoms with Gasteiger partial charge in [-0.3, -0.25) is 0 Å². The number of aliphatic hydroxyl groups excluding tert-OH is 2. The van der Waals surface area contributed by atoms with E-state index in [0.29, 0.717) is 0 Å². The van der Waals surface area contributed by atoms with Crippen LogP contribution in [0.15, 0.2) is 0 Å². The molecule has 0 saturated carbocycles. The maximum atomic E-state index is 9.70. The first-order valence-corrected chi connectivity index (χ1v) is 9.33. The van der Waals surface area contributed by atoms with Crippen molar-refractivity contribution < 1.29 is 10.2 Å². The lowest BCUT2D eigenvalue weighted by Crippen LogP contribution is -2.10. The summed E-state index contributed by atoms with van der Waals surface area (Å²) < 4.78 is 0. The zero-order chi connectivity index (χ0) is 14.2. The maximum absolute atomic E-state index is 9.70. The van der Waals surface area contributed by atoms with Crippen LogP contribution in [0, 0.1) is 0 Å². The summed E-state index contributed by atoms with van der Waals surface area (Å²) in [4.78, 5) is 0. The number of thioether (sulfide) groups is 1. The molecule has 3 heteroatoms. The van der Waals surface area contributed by atoms with E-state index >= 15 is 0 Å². The summed E-state index contributed by atoms with van der Waals surface area (Å²) in [6.45, 7) is 2.48. The van der Waals surface area contributed by atoms with Gasteiger partial charge in [0.05, 0.1) is 12.7 Å². The van der Waals surface area contributed by atoms with Gasteiger partial charge in [0, 0.05) is 11.5 Å². The molecule has 2 N–H and O–H groups in total. The molecule has 0 aliphatic rings. The van der Waals surface area contributed by atoms with Gasteiger partial charge >= 0.3 is 0 Å². The third kappa shape index (κ3) is 16.2. The van der Waals surface area contributed by atoms with Crippen LogP contribution >= 0.6 is 11.8 Å². The van der Waals surface area contributed by atoms with E-state index in [-0.39, 0.29) is 12.7 Å². The Morgan fingerprint density at radius 2 is 1.37 bits per heavy atom. The van der Waals surface area contributed by atoms with E-state index in [9.17, 15) is 5.11 Å². The van der Waals surface area contributed by atoms with Gasteiger partial charge in [0.15, 0.2) is 0 Å². The van der Waals surface area contributed by atoms with Crippen LogP contribution in [0.3, 0.4) is 0 Å². The standard InChI is InChI=1S/C16H34O2S/c1-2-3-4-5-6-7-8-9-10-11-12-16(18)15-19-14-13-17/h16-18H,2-15H2,1H3. The summed E-state index contributed by atoms with van der Waals surface area (Å²) in [6, 6.07) is 0. The molecule has 0 bridgehead atoms. The van der Waals surface area contributed by atoms with Crippen LogP contribution in [-0.2, 0) is 0 Å². The zero-order valence-corrected chi connectivity index (χ0v) is 13.6. The van der Waals surface area contributed by atoms with Crippen molar-refractivity contribution in [1.29, 1.82) is 0 Å². The van der Waals surface area contributed by atoms with Crippen molar-refractivity contribution in [2.75, 3.05) is 18.1 Å². The Morgan fingerprint density at radius 1 is 0.842 bits per heavy atom. The lowest BCUT2D eigenvalue weighted by Gasteiger charge is -2.09. The predicted octanol–water partition coefficient (Wildman–Crippen LogP) is 4.38. The molecule has 0 aliphatic heterocycles. The van der Waals surface area contributed by atoms with Crippen molar-refractivity contribution in [3.05, 3.63) is 0 Å². The fraction of sp³-hybridized carbons (Fsp3) is 1.00. The molecule has 0 aromatic rings. The van der Waals surface area contributed by atoms with Crippen LogP contribution in [0.25, 0.3) is 0 Å². The molecule has 0 radical (unpaired) electrons. The van der Waals surface area contributed by atoms with Gasteiger partial charge in [-0.1, -0.05) is 71.1 Å². The second-order valence-corrected chi connectivity index (χ2v) is 6.57. The largest absolute Gasteiger partial charge is 0.396 e. The molecule has 2 nitrogen and oxygen atoms in total. The summed E-state index contributed by atoms with van der Waals surface area (Å²) in [7, 11) is 0. The third-order valence-electron chi connectivity index (χ3n) is 3.44. The lowest BCUT2D eigenvalue weighted by molar-refractivity contribution is 0.184. The molecule has 0 fully saturated rings. The quantitative estimate of drug-likeness (QED) is 0.440. The summed E-state index contributed by atoms with van der Waals surface area (Å²) in [5, 5.41) is 18.3. The Labute approximate surface area is 124 Å². The number of aliphatic hydroxyl groups is 2. The lowest BCUT2D eigenvalue weighted by atomic mass is 10.1. The van der Waals surface area contributed by atoms with E-state index in [1.807, 2.05) is 0 Å². The fourth-order valence-corrected chi connectivity index (χ4v) is 2.97. The molecule has 116 valence electrons. The van der Waals surface area contributed by atoms with E-state index in [1.165, 1.54) is 57.8 Å². The minimum atomic E-state index is -0.175. The van der Waals surface area contributed by atoms with Gasteiger partial charge in [-0.25, -0.2) is 0 Å². The normalized spacial score (nSPS) is 12.8. The number of hydrogen-bond acceptors (Lipinski definition) is 3. The first-order chi connectivity index (χ1) is 9.31. The first kappa shape index (κ1) is 19.3. The monoisotopic (exact) mass is 290 g/mol. The summed E-state index contributed by atoms with van der Waals surface area (Å²) in [5.41, 5.74) is 0. The van der Waals surface area contributed by atoms with Crippen molar-refractivity contribution in [2.24, 2.45) is 0 Å². The van der Waals surface area contributed by atoms with Crippen LogP contribution in [-0.4, -0.2) is 34.4 Å². The highest BCUT2D eigenvalue weighted by molar-refractivity contribution is 7.99. The Hall–Kier alpha value is 0.270. The van der Waals surface area contributed by atoms with E-state index < -0.39 is 0 Å². The van der Waals surface area contributed by atoms with Gasteiger partial charge in [-0.15, -0.1) is 0 Å². The molecule has 0 spiro atoms. The van der Waals surface area contributed by atoms with Gasteiger partial charge in [-0.2, -0.15) is 11.8 Å². The highest BCUT2D eigenvalue weighted by Gasteiger charge is 2.03. The van der Waals surface area contributed by atoms with Crippen LogP contribution in [0.2, 0.25) is 0 Å². The van der Waals surface area contributed by atoms with Crippen molar-refractivity contribution in [3.63, 3.8) is 0 Å². The molecule has 0 heterocycles. The Kier molecular flexibility index (Phi) is 16.6. The van der Waals surface area contributed by atoms with E-state index in [1.54, 1.807) is 11.8 Å². The number of hydrogen-bond donors (Lipinski definition) is 2. The SMILES string of the molecule is CCCCCCCCCCCCC(O)CSCCO. The van der Waals surface area contributed by atoms with Gasteiger partial charge < -0.3 is 10.2 Å². The Morgan fingerprint density at radius 3 is 1.89 bits per heavy atom. The van der Waals surface area contributed by atoms with E-state index in [2.05, 4.69) is 6.92 Å². The zero-order valence-electron chi connectivity index (χ0n) is 12.8. The van der Waals surface area contributed by atoms with Crippen LogP contribution in [0.4, 0.5) is 0 Å². The Bertz CT molecular complexity index is 165. The molecular weight excluding hydrogens is 256 g/mol. The van der Waals surface area contributed by atoms with Gasteiger partial charge in [0.1, 0.15) is 0 Å². The first-order valence-electron chi connectivity index (χ1n) is 8.18. The average Bonchev–Trinajstić information content (AvgIpc) is 2.41. The minimum absolute atomic E-state index is 0.175. The molecular formula is C16H34O2S. The number of rotatable bonds is 15. The molecule has 1 atom stereocenters. The van der Waals surface area contributed by atoms with Gasteiger partial charge in [0.2, 0.25) is 0 Å². The second kappa shape index (κ2) is 16.3. The Balaban J connectivity index is 3.05. The summed E-state index contributed by atoms with van der Waals surface area (Å²) >= 11 is 1.64. The predicted molar refractivity (Wildman–Crippen MR) is 86.9 cm³/mol. The fourth-order valence-electron chi connectivity index (χ4n) is 2.23. The highest BCUT2D eigenvalue weighted by Crippen LogP contribution is 2.13. The van der Waals surface area contributed by atoms with Crippen LogP contribution in [0.5, 0.6) is 0 Å². The summed E-state index contributed by atoms with van der Waals surface area (Å²) in [5.74, 6) is 1.52.